The number of carbonyl (C=O) groups is 1. The Labute approximate surface area is 106 Å². The molecule has 0 atom stereocenters. The minimum Gasteiger partial charge on any atom is -0.508 e. The number of phenols is 1. The van der Waals surface area contributed by atoms with Gasteiger partial charge in [-0.1, -0.05) is 11.6 Å². The van der Waals surface area contributed by atoms with E-state index in [9.17, 15) is 9.90 Å². The van der Waals surface area contributed by atoms with E-state index >= 15 is 0 Å². The highest BCUT2D eigenvalue weighted by Crippen LogP contribution is 2.21. The van der Waals surface area contributed by atoms with E-state index < -0.39 is 11.7 Å². The van der Waals surface area contributed by atoms with Crippen molar-refractivity contribution in [2.24, 2.45) is 0 Å². The SMILES string of the molecule is CC(C)(C)OC(=O)NCc1cc(Cl)ccc1O. The van der Waals surface area contributed by atoms with E-state index in [1.54, 1.807) is 32.9 Å². The molecule has 0 fully saturated rings. The molecule has 0 aromatic heterocycles. The highest BCUT2D eigenvalue weighted by atomic mass is 35.5. The number of phenolic OH excluding ortho intramolecular Hbond substituents is 1. The largest absolute Gasteiger partial charge is 0.508 e. The molecule has 0 bridgehead atoms. The van der Waals surface area contributed by atoms with Crippen molar-refractivity contribution in [3.8, 4) is 5.75 Å². The number of benzene rings is 1. The van der Waals surface area contributed by atoms with Crippen molar-refractivity contribution in [2.75, 3.05) is 0 Å². The highest BCUT2D eigenvalue weighted by molar-refractivity contribution is 6.30. The molecule has 0 aliphatic heterocycles. The summed E-state index contributed by atoms with van der Waals surface area (Å²) in [6.07, 6.45) is -0.531. The molecule has 17 heavy (non-hydrogen) atoms. The second-order valence-electron chi connectivity index (χ2n) is 4.63. The lowest BCUT2D eigenvalue weighted by Gasteiger charge is -2.19. The van der Waals surface area contributed by atoms with Crippen molar-refractivity contribution in [3.05, 3.63) is 28.8 Å². The molecule has 1 aromatic rings. The Morgan fingerprint density at radius 3 is 2.71 bits per heavy atom. The van der Waals surface area contributed by atoms with Gasteiger partial charge < -0.3 is 15.2 Å². The van der Waals surface area contributed by atoms with Gasteiger partial charge in [0.2, 0.25) is 0 Å². The van der Waals surface area contributed by atoms with Gasteiger partial charge in [0.15, 0.2) is 0 Å². The molecule has 0 aliphatic carbocycles. The van der Waals surface area contributed by atoms with Crippen molar-refractivity contribution >= 4 is 17.7 Å². The number of alkyl carbamates (subject to hydrolysis) is 1. The molecular weight excluding hydrogens is 242 g/mol. The lowest BCUT2D eigenvalue weighted by molar-refractivity contribution is 0.0523. The second-order valence-corrected chi connectivity index (χ2v) is 5.06. The molecule has 0 saturated heterocycles. The minimum absolute atomic E-state index is 0.0884. The number of rotatable bonds is 2. The monoisotopic (exact) mass is 257 g/mol. The molecule has 94 valence electrons. The van der Waals surface area contributed by atoms with Crippen LogP contribution in [0.1, 0.15) is 26.3 Å². The number of hydrogen-bond acceptors (Lipinski definition) is 3. The Bertz CT molecular complexity index is 413. The number of aromatic hydroxyl groups is 1. The average Bonchev–Trinajstić information content (AvgIpc) is 2.17. The van der Waals surface area contributed by atoms with Gasteiger partial charge in [-0.3, -0.25) is 0 Å². The van der Waals surface area contributed by atoms with E-state index in [2.05, 4.69) is 5.32 Å². The summed E-state index contributed by atoms with van der Waals surface area (Å²) in [5.41, 5.74) is 0.00357. The van der Waals surface area contributed by atoms with Crippen LogP contribution in [-0.4, -0.2) is 16.8 Å². The predicted molar refractivity (Wildman–Crippen MR) is 66.2 cm³/mol. The minimum atomic E-state index is -0.541. The fourth-order valence-electron chi connectivity index (χ4n) is 1.18. The van der Waals surface area contributed by atoms with Gasteiger partial charge in [-0.15, -0.1) is 0 Å². The van der Waals surface area contributed by atoms with Crippen molar-refractivity contribution in [1.29, 1.82) is 0 Å². The number of hydrogen-bond donors (Lipinski definition) is 2. The molecule has 0 saturated carbocycles. The molecule has 0 radical (unpaired) electrons. The number of amides is 1. The summed E-state index contributed by atoms with van der Waals surface area (Å²) in [5.74, 6) is 0.0884. The Morgan fingerprint density at radius 1 is 1.47 bits per heavy atom. The molecule has 1 amide bonds. The number of carbonyl (C=O) groups excluding carboxylic acids is 1. The molecule has 0 heterocycles. The van der Waals surface area contributed by atoms with Crippen LogP contribution in [-0.2, 0) is 11.3 Å². The van der Waals surface area contributed by atoms with Gasteiger partial charge in [0.05, 0.1) is 0 Å². The van der Waals surface area contributed by atoms with Crippen LogP contribution >= 0.6 is 11.6 Å². The van der Waals surface area contributed by atoms with Crippen LogP contribution in [0.5, 0.6) is 5.75 Å². The Morgan fingerprint density at radius 2 is 2.12 bits per heavy atom. The summed E-state index contributed by atoms with van der Waals surface area (Å²) in [4.78, 5) is 11.4. The lowest BCUT2D eigenvalue weighted by Crippen LogP contribution is -2.32. The van der Waals surface area contributed by atoms with E-state index in [1.807, 2.05) is 0 Å². The molecular formula is C12H16ClNO3. The summed E-state index contributed by atoms with van der Waals surface area (Å²) >= 11 is 5.78. The Hall–Kier alpha value is -1.42. The summed E-state index contributed by atoms with van der Waals surface area (Å²) < 4.78 is 5.06. The van der Waals surface area contributed by atoms with Gasteiger partial charge >= 0.3 is 6.09 Å². The van der Waals surface area contributed by atoms with Gasteiger partial charge in [-0.2, -0.15) is 0 Å². The number of ether oxygens (including phenoxy) is 1. The summed E-state index contributed by atoms with van der Waals surface area (Å²) in [5, 5.41) is 12.6. The van der Waals surface area contributed by atoms with Gasteiger partial charge in [-0.25, -0.2) is 4.79 Å². The second kappa shape index (κ2) is 5.27. The standard InChI is InChI=1S/C12H16ClNO3/c1-12(2,3)17-11(16)14-7-8-6-9(13)4-5-10(8)15/h4-6,15H,7H2,1-3H3,(H,14,16). The molecule has 1 rings (SSSR count). The fraction of sp³-hybridized carbons (Fsp3) is 0.417. The van der Waals surface area contributed by atoms with Crippen molar-refractivity contribution < 1.29 is 14.6 Å². The third-order valence-corrected chi connectivity index (χ3v) is 2.10. The zero-order chi connectivity index (χ0) is 13.1. The zero-order valence-corrected chi connectivity index (χ0v) is 10.8. The quantitative estimate of drug-likeness (QED) is 0.856. The maximum Gasteiger partial charge on any atom is 0.407 e. The fourth-order valence-corrected chi connectivity index (χ4v) is 1.37. The molecule has 0 unspecified atom stereocenters. The average molecular weight is 258 g/mol. The van der Waals surface area contributed by atoms with Crippen LogP contribution in [0.25, 0.3) is 0 Å². The van der Waals surface area contributed by atoms with Crippen molar-refractivity contribution in [1.82, 2.24) is 5.32 Å². The molecule has 2 N–H and O–H groups in total. The van der Waals surface area contributed by atoms with Crippen LogP contribution in [0.3, 0.4) is 0 Å². The van der Waals surface area contributed by atoms with Gasteiger partial charge in [0.1, 0.15) is 11.4 Å². The number of halogens is 1. The Kier molecular flexibility index (Phi) is 4.23. The first-order valence-corrected chi connectivity index (χ1v) is 5.60. The summed E-state index contributed by atoms with van der Waals surface area (Å²) in [6.45, 7) is 5.51. The van der Waals surface area contributed by atoms with Gasteiger partial charge in [0.25, 0.3) is 0 Å². The van der Waals surface area contributed by atoms with Gasteiger partial charge in [-0.05, 0) is 39.0 Å². The maximum atomic E-state index is 11.4. The van der Waals surface area contributed by atoms with Crippen LogP contribution in [0, 0.1) is 0 Å². The first-order chi connectivity index (χ1) is 7.78. The lowest BCUT2D eigenvalue weighted by atomic mass is 10.2. The van der Waals surface area contributed by atoms with E-state index in [1.165, 1.54) is 6.07 Å². The molecule has 1 aromatic carbocycles. The highest BCUT2D eigenvalue weighted by Gasteiger charge is 2.16. The maximum absolute atomic E-state index is 11.4. The normalized spacial score (nSPS) is 11.1. The van der Waals surface area contributed by atoms with Crippen LogP contribution in [0.2, 0.25) is 5.02 Å². The summed E-state index contributed by atoms with van der Waals surface area (Å²) in [6, 6.07) is 4.65. The van der Waals surface area contributed by atoms with Crippen LogP contribution < -0.4 is 5.32 Å². The molecule has 5 heteroatoms. The van der Waals surface area contributed by atoms with E-state index in [4.69, 9.17) is 16.3 Å². The third kappa shape index (κ3) is 4.95. The molecule has 0 aliphatic rings. The Balaban J connectivity index is 2.56. The third-order valence-electron chi connectivity index (χ3n) is 1.86. The van der Waals surface area contributed by atoms with Crippen LogP contribution in [0.15, 0.2) is 18.2 Å². The van der Waals surface area contributed by atoms with Crippen molar-refractivity contribution in [3.63, 3.8) is 0 Å². The van der Waals surface area contributed by atoms with E-state index in [0.717, 1.165) is 0 Å². The van der Waals surface area contributed by atoms with Crippen molar-refractivity contribution in [2.45, 2.75) is 32.9 Å². The summed E-state index contributed by atoms with van der Waals surface area (Å²) in [7, 11) is 0. The van der Waals surface area contributed by atoms with Gasteiger partial charge in [0, 0.05) is 17.1 Å². The first-order valence-electron chi connectivity index (χ1n) is 5.22. The topological polar surface area (TPSA) is 58.6 Å². The van der Waals surface area contributed by atoms with Crippen LogP contribution in [0.4, 0.5) is 4.79 Å². The zero-order valence-electron chi connectivity index (χ0n) is 10.1. The first kappa shape index (κ1) is 13.6. The molecule has 0 spiro atoms. The van der Waals surface area contributed by atoms with E-state index in [0.29, 0.717) is 10.6 Å². The molecule has 4 nitrogen and oxygen atoms in total. The van der Waals surface area contributed by atoms with E-state index in [-0.39, 0.29) is 12.3 Å². The number of nitrogens with one attached hydrogen (secondary N) is 1. The smallest absolute Gasteiger partial charge is 0.407 e. The predicted octanol–water partition coefficient (Wildman–Crippen LogP) is 3.07.